The lowest BCUT2D eigenvalue weighted by Gasteiger charge is -2.09. The molecule has 0 saturated heterocycles. The van der Waals surface area contributed by atoms with E-state index in [4.69, 9.17) is 9.47 Å². The van der Waals surface area contributed by atoms with E-state index in [9.17, 15) is 19.5 Å². The molecule has 7 nitrogen and oxygen atoms in total. The minimum absolute atomic E-state index is 0.0767. The van der Waals surface area contributed by atoms with Gasteiger partial charge in [0.05, 0.1) is 7.11 Å². The number of Topliss-reactive ketones (excluding diaryl/α,β-unsaturated/α-hetero) is 1. The second-order valence-corrected chi connectivity index (χ2v) is 5.14. The zero-order valence-electron chi connectivity index (χ0n) is 13.7. The summed E-state index contributed by atoms with van der Waals surface area (Å²) in [6.45, 7) is 0.888. The Morgan fingerprint density at radius 2 is 1.88 bits per heavy atom. The Morgan fingerprint density at radius 3 is 2.52 bits per heavy atom. The fourth-order valence-corrected chi connectivity index (χ4v) is 2.03. The van der Waals surface area contributed by atoms with Crippen LogP contribution < -0.4 is 10.1 Å². The number of esters is 1. The van der Waals surface area contributed by atoms with Crippen molar-refractivity contribution in [2.24, 2.45) is 0 Å². The van der Waals surface area contributed by atoms with Crippen molar-refractivity contribution < 1.29 is 29.0 Å². The zero-order chi connectivity index (χ0) is 18.4. The van der Waals surface area contributed by atoms with Crippen LogP contribution in [0.2, 0.25) is 0 Å². The summed E-state index contributed by atoms with van der Waals surface area (Å²) < 4.78 is 9.80. The Balaban J connectivity index is 1.94. The van der Waals surface area contributed by atoms with E-state index in [2.05, 4.69) is 5.32 Å². The maximum Gasteiger partial charge on any atom is 0.342 e. The third-order valence-electron chi connectivity index (χ3n) is 3.31. The quantitative estimate of drug-likeness (QED) is 0.617. The number of amides is 1. The minimum Gasteiger partial charge on any atom is -0.507 e. The second-order valence-electron chi connectivity index (χ2n) is 5.14. The number of rotatable bonds is 6. The number of phenolic OH excluding ortho intramolecular Hbond substituents is 1. The first kappa shape index (κ1) is 18.0. The van der Waals surface area contributed by atoms with E-state index in [0.29, 0.717) is 17.0 Å². The van der Waals surface area contributed by atoms with Crippen molar-refractivity contribution in [1.82, 2.24) is 0 Å². The van der Waals surface area contributed by atoms with Crippen LogP contribution in [-0.4, -0.2) is 36.5 Å². The molecule has 130 valence electrons. The Labute approximate surface area is 144 Å². The number of nitrogens with one attached hydrogen (secondary N) is 1. The Morgan fingerprint density at radius 1 is 1.12 bits per heavy atom. The van der Waals surface area contributed by atoms with Gasteiger partial charge in [0.2, 0.25) is 0 Å². The van der Waals surface area contributed by atoms with Gasteiger partial charge in [-0.3, -0.25) is 9.59 Å². The normalized spacial score (nSPS) is 10.0. The van der Waals surface area contributed by atoms with Gasteiger partial charge in [0.1, 0.15) is 17.1 Å². The van der Waals surface area contributed by atoms with Crippen LogP contribution in [0.3, 0.4) is 0 Å². The number of hydrogen-bond acceptors (Lipinski definition) is 6. The fourth-order valence-electron chi connectivity index (χ4n) is 2.03. The first-order valence-electron chi connectivity index (χ1n) is 7.35. The van der Waals surface area contributed by atoms with E-state index in [0.717, 1.165) is 0 Å². The molecule has 0 unspecified atom stereocenters. The molecule has 0 aromatic heterocycles. The summed E-state index contributed by atoms with van der Waals surface area (Å²) in [6.07, 6.45) is 0. The molecule has 2 aromatic carbocycles. The lowest BCUT2D eigenvalue weighted by atomic mass is 10.1. The van der Waals surface area contributed by atoms with Crippen molar-refractivity contribution in [3.05, 3.63) is 53.6 Å². The minimum atomic E-state index is -0.840. The number of ether oxygens (including phenoxy) is 2. The number of phenols is 1. The average Bonchev–Trinajstić information content (AvgIpc) is 2.59. The summed E-state index contributed by atoms with van der Waals surface area (Å²) in [5, 5.41) is 12.3. The van der Waals surface area contributed by atoms with Gasteiger partial charge in [0.15, 0.2) is 12.4 Å². The van der Waals surface area contributed by atoms with Gasteiger partial charge in [-0.25, -0.2) is 4.79 Å². The molecule has 2 N–H and O–H groups in total. The smallest absolute Gasteiger partial charge is 0.342 e. The second kappa shape index (κ2) is 7.96. The standard InChI is InChI=1S/C18H17NO6/c1-11(20)12-4-3-5-13(8-12)19-17(22)10-25-18(23)15-7-6-14(24-2)9-16(15)21/h3-9,21H,10H2,1-2H3,(H,19,22). The molecule has 0 aliphatic heterocycles. The topological polar surface area (TPSA) is 102 Å². The molecule has 0 fully saturated rings. The molecular formula is C18H17NO6. The summed E-state index contributed by atoms with van der Waals surface area (Å²) in [7, 11) is 1.43. The average molecular weight is 343 g/mol. The van der Waals surface area contributed by atoms with Crippen molar-refractivity contribution in [2.75, 3.05) is 19.0 Å². The molecule has 7 heteroatoms. The van der Waals surface area contributed by atoms with Gasteiger partial charge in [-0.15, -0.1) is 0 Å². The molecule has 0 heterocycles. The van der Waals surface area contributed by atoms with E-state index >= 15 is 0 Å². The molecule has 2 rings (SSSR count). The predicted octanol–water partition coefficient (Wildman–Crippen LogP) is 2.40. The number of ketones is 1. The zero-order valence-corrected chi connectivity index (χ0v) is 13.7. The Bertz CT molecular complexity index is 815. The monoisotopic (exact) mass is 343 g/mol. The van der Waals surface area contributed by atoms with Crippen LogP contribution in [-0.2, 0) is 9.53 Å². The molecule has 25 heavy (non-hydrogen) atoms. The maximum atomic E-state index is 11.9. The summed E-state index contributed by atoms with van der Waals surface area (Å²) in [4.78, 5) is 35.1. The number of carbonyl (C=O) groups is 3. The highest BCUT2D eigenvalue weighted by molar-refractivity contribution is 5.98. The molecule has 0 bridgehead atoms. The lowest BCUT2D eigenvalue weighted by Crippen LogP contribution is -2.21. The number of carbonyl (C=O) groups excluding carboxylic acids is 3. The van der Waals surface area contributed by atoms with Crippen LogP contribution in [0.5, 0.6) is 11.5 Å². The number of benzene rings is 2. The summed E-state index contributed by atoms with van der Waals surface area (Å²) in [5.41, 5.74) is 0.797. The number of hydrogen-bond donors (Lipinski definition) is 2. The van der Waals surface area contributed by atoms with Crippen molar-refractivity contribution in [3.63, 3.8) is 0 Å². The summed E-state index contributed by atoms with van der Waals surface area (Å²) in [6, 6.07) is 10.5. The number of anilines is 1. The van der Waals surface area contributed by atoms with Crippen LogP contribution in [0.1, 0.15) is 27.6 Å². The summed E-state index contributed by atoms with van der Waals surface area (Å²) >= 11 is 0. The maximum absolute atomic E-state index is 11.9. The highest BCUT2D eigenvalue weighted by atomic mass is 16.5. The molecule has 0 aliphatic rings. The third kappa shape index (κ3) is 4.81. The van der Waals surface area contributed by atoms with Gasteiger partial charge in [-0.2, -0.15) is 0 Å². The molecule has 0 saturated carbocycles. The third-order valence-corrected chi connectivity index (χ3v) is 3.31. The number of methoxy groups -OCH3 is 1. The molecule has 0 aliphatic carbocycles. The fraction of sp³-hybridized carbons (Fsp3) is 0.167. The summed E-state index contributed by atoms with van der Waals surface area (Å²) in [5.74, 6) is -1.46. The van der Waals surface area contributed by atoms with E-state index in [1.54, 1.807) is 18.2 Å². The van der Waals surface area contributed by atoms with Crippen molar-refractivity contribution in [1.29, 1.82) is 0 Å². The van der Waals surface area contributed by atoms with Crippen LogP contribution in [0, 0.1) is 0 Å². The molecule has 2 aromatic rings. The highest BCUT2D eigenvalue weighted by Gasteiger charge is 2.15. The molecule has 0 spiro atoms. The van der Waals surface area contributed by atoms with Crippen LogP contribution in [0.4, 0.5) is 5.69 Å². The van der Waals surface area contributed by atoms with E-state index in [1.165, 1.54) is 38.3 Å². The van der Waals surface area contributed by atoms with Crippen molar-refractivity contribution in [3.8, 4) is 11.5 Å². The van der Waals surface area contributed by atoms with Crippen LogP contribution in [0.15, 0.2) is 42.5 Å². The molecule has 0 atom stereocenters. The molecule has 1 amide bonds. The van der Waals surface area contributed by atoms with Gasteiger partial charge in [0.25, 0.3) is 5.91 Å². The number of aromatic hydroxyl groups is 1. The van der Waals surface area contributed by atoms with Crippen LogP contribution in [0.25, 0.3) is 0 Å². The van der Waals surface area contributed by atoms with Gasteiger partial charge in [-0.05, 0) is 31.2 Å². The first-order valence-corrected chi connectivity index (χ1v) is 7.35. The molecular weight excluding hydrogens is 326 g/mol. The molecule has 0 radical (unpaired) electrons. The lowest BCUT2D eigenvalue weighted by molar-refractivity contribution is -0.119. The van der Waals surface area contributed by atoms with Crippen LogP contribution >= 0.6 is 0 Å². The van der Waals surface area contributed by atoms with Gasteiger partial charge in [0, 0.05) is 17.3 Å². The Hall–Kier alpha value is -3.35. The van der Waals surface area contributed by atoms with Gasteiger partial charge < -0.3 is 19.9 Å². The van der Waals surface area contributed by atoms with E-state index < -0.39 is 18.5 Å². The first-order chi connectivity index (χ1) is 11.9. The van der Waals surface area contributed by atoms with E-state index in [1.807, 2.05) is 0 Å². The van der Waals surface area contributed by atoms with Crippen molar-refractivity contribution in [2.45, 2.75) is 6.92 Å². The largest absolute Gasteiger partial charge is 0.507 e. The van der Waals surface area contributed by atoms with Crippen molar-refractivity contribution >= 4 is 23.3 Å². The highest BCUT2D eigenvalue weighted by Crippen LogP contribution is 2.24. The van der Waals surface area contributed by atoms with E-state index in [-0.39, 0.29) is 17.1 Å². The predicted molar refractivity (Wildman–Crippen MR) is 90.0 cm³/mol. The van der Waals surface area contributed by atoms with Gasteiger partial charge >= 0.3 is 5.97 Å². The Kier molecular flexibility index (Phi) is 5.73. The SMILES string of the molecule is COc1ccc(C(=O)OCC(=O)Nc2cccc(C(C)=O)c2)c(O)c1. The van der Waals surface area contributed by atoms with Gasteiger partial charge in [-0.1, -0.05) is 12.1 Å².